The molecule has 29 heavy (non-hydrogen) atoms. The first-order valence-corrected chi connectivity index (χ1v) is 9.44. The Morgan fingerprint density at radius 1 is 1.31 bits per heavy atom. The Morgan fingerprint density at radius 3 is 2.55 bits per heavy atom. The first kappa shape index (κ1) is 23.1. The van der Waals surface area contributed by atoms with Crippen LogP contribution in [-0.2, 0) is 16.6 Å². The molecule has 1 aromatic heterocycles. The molecule has 2 aliphatic rings. The van der Waals surface area contributed by atoms with Gasteiger partial charge in [-0.15, -0.1) is 0 Å². The van der Waals surface area contributed by atoms with Crippen LogP contribution in [0.3, 0.4) is 0 Å². The number of alkyl halides is 3. The van der Waals surface area contributed by atoms with Crippen LogP contribution in [0, 0.1) is 5.41 Å². The molecule has 1 unspecified atom stereocenters. The van der Waals surface area contributed by atoms with E-state index in [0.29, 0.717) is 5.69 Å². The topological polar surface area (TPSA) is 87.9 Å². The van der Waals surface area contributed by atoms with Gasteiger partial charge in [-0.25, -0.2) is 9.78 Å². The second-order valence-corrected chi connectivity index (χ2v) is 7.48. The van der Waals surface area contributed by atoms with Crippen LogP contribution < -0.4 is 0 Å². The van der Waals surface area contributed by atoms with Crippen molar-refractivity contribution in [3.63, 3.8) is 0 Å². The highest BCUT2D eigenvalue weighted by Crippen LogP contribution is 2.33. The standard InChI is InChI=1S/C16H26N4O2.C2HF3O2/c1-3-19-7-8-22-12-16(10-19)5-4-6-20(11-16)15(21)14-9-18(2)13-17-14;3-2(4,5)1(6)7/h9,13H,3-8,10-12H2,1-2H3;(H,6,7). The summed E-state index contributed by atoms with van der Waals surface area (Å²) in [7, 11) is 1.89. The van der Waals surface area contributed by atoms with Gasteiger partial charge in [0.2, 0.25) is 0 Å². The van der Waals surface area contributed by atoms with E-state index in [1.807, 2.05) is 16.5 Å². The molecule has 0 radical (unpaired) electrons. The molecule has 0 aromatic carbocycles. The minimum absolute atomic E-state index is 0.0481. The molecule has 0 saturated carbocycles. The highest BCUT2D eigenvalue weighted by molar-refractivity contribution is 5.92. The number of aryl methyl sites for hydroxylation is 1. The highest BCUT2D eigenvalue weighted by Gasteiger charge is 2.40. The van der Waals surface area contributed by atoms with Crippen molar-refractivity contribution >= 4 is 11.9 Å². The number of aromatic nitrogens is 2. The van der Waals surface area contributed by atoms with E-state index in [2.05, 4.69) is 16.8 Å². The van der Waals surface area contributed by atoms with E-state index in [1.165, 1.54) is 0 Å². The van der Waals surface area contributed by atoms with E-state index in [-0.39, 0.29) is 11.3 Å². The van der Waals surface area contributed by atoms with Gasteiger partial charge in [0.05, 0.1) is 19.5 Å². The van der Waals surface area contributed by atoms with Crippen LogP contribution in [0.2, 0.25) is 0 Å². The summed E-state index contributed by atoms with van der Waals surface area (Å²) in [6, 6.07) is 0. The summed E-state index contributed by atoms with van der Waals surface area (Å²) in [6.45, 7) is 8.40. The molecule has 164 valence electrons. The van der Waals surface area contributed by atoms with Gasteiger partial charge < -0.3 is 24.2 Å². The van der Waals surface area contributed by atoms with E-state index in [4.69, 9.17) is 14.6 Å². The Hall–Kier alpha value is -2.14. The van der Waals surface area contributed by atoms with E-state index >= 15 is 0 Å². The van der Waals surface area contributed by atoms with Crippen molar-refractivity contribution in [3.05, 3.63) is 18.2 Å². The third-order valence-corrected chi connectivity index (χ3v) is 5.08. The maximum absolute atomic E-state index is 12.7. The normalized spacial score (nSPS) is 23.3. The van der Waals surface area contributed by atoms with E-state index in [1.54, 1.807) is 12.5 Å². The molecule has 2 saturated heterocycles. The number of hydrogen-bond donors (Lipinski definition) is 1. The monoisotopic (exact) mass is 420 g/mol. The van der Waals surface area contributed by atoms with Crippen molar-refractivity contribution in [2.24, 2.45) is 12.5 Å². The molecule has 2 aliphatic heterocycles. The number of aliphatic carboxylic acids is 1. The summed E-state index contributed by atoms with van der Waals surface area (Å²) < 4.78 is 39.4. The van der Waals surface area contributed by atoms with Gasteiger partial charge in [-0.1, -0.05) is 6.92 Å². The smallest absolute Gasteiger partial charge is 0.475 e. The van der Waals surface area contributed by atoms with Crippen molar-refractivity contribution < 1.29 is 32.6 Å². The first-order valence-electron chi connectivity index (χ1n) is 9.44. The third kappa shape index (κ3) is 6.43. The fraction of sp³-hybridized carbons (Fsp3) is 0.722. The number of amides is 1. The summed E-state index contributed by atoms with van der Waals surface area (Å²) in [5.74, 6) is -2.71. The lowest BCUT2D eigenvalue weighted by Gasteiger charge is -2.43. The molecule has 11 heteroatoms. The van der Waals surface area contributed by atoms with Crippen LogP contribution >= 0.6 is 0 Å². The van der Waals surface area contributed by atoms with Crippen LogP contribution in [0.4, 0.5) is 13.2 Å². The number of rotatable bonds is 2. The summed E-state index contributed by atoms with van der Waals surface area (Å²) in [5.41, 5.74) is 0.622. The van der Waals surface area contributed by atoms with Gasteiger partial charge in [-0.3, -0.25) is 4.79 Å². The lowest BCUT2D eigenvalue weighted by molar-refractivity contribution is -0.192. The zero-order valence-corrected chi connectivity index (χ0v) is 16.6. The molecule has 1 spiro atoms. The largest absolute Gasteiger partial charge is 0.490 e. The molecule has 1 atom stereocenters. The molecular weight excluding hydrogens is 393 g/mol. The zero-order valence-electron chi connectivity index (χ0n) is 16.6. The van der Waals surface area contributed by atoms with E-state index < -0.39 is 12.1 Å². The lowest BCUT2D eigenvalue weighted by Crippen LogP contribution is -2.52. The Balaban J connectivity index is 0.000000370. The fourth-order valence-corrected chi connectivity index (χ4v) is 3.66. The predicted molar refractivity (Wildman–Crippen MR) is 97.4 cm³/mol. The number of likely N-dealkylation sites (N-methyl/N-ethyl adjacent to an activating group) is 1. The molecule has 0 bridgehead atoms. The minimum atomic E-state index is -5.08. The van der Waals surface area contributed by atoms with Gasteiger partial charge in [0.1, 0.15) is 5.69 Å². The molecule has 1 aromatic rings. The van der Waals surface area contributed by atoms with Crippen LogP contribution in [0.25, 0.3) is 0 Å². The highest BCUT2D eigenvalue weighted by atomic mass is 19.4. The van der Waals surface area contributed by atoms with Gasteiger partial charge >= 0.3 is 12.1 Å². The third-order valence-electron chi connectivity index (χ3n) is 5.08. The molecule has 1 N–H and O–H groups in total. The van der Waals surface area contributed by atoms with Gasteiger partial charge in [-0.2, -0.15) is 13.2 Å². The number of ether oxygens (including phenoxy) is 1. The van der Waals surface area contributed by atoms with Crippen molar-refractivity contribution in [2.45, 2.75) is 25.9 Å². The SMILES string of the molecule is CCN1CCOCC2(CCCN(C(=O)c3cn(C)cn3)C2)C1.O=C(O)C(F)(F)F. The molecule has 0 aliphatic carbocycles. The average molecular weight is 420 g/mol. The van der Waals surface area contributed by atoms with Crippen molar-refractivity contribution in [2.75, 3.05) is 45.9 Å². The van der Waals surface area contributed by atoms with Crippen LogP contribution in [0.15, 0.2) is 12.5 Å². The number of piperidine rings is 1. The number of carboxylic acids is 1. The van der Waals surface area contributed by atoms with E-state index in [9.17, 15) is 18.0 Å². The van der Waals surface area contributed by atoms with E-state index in [0.717, 1.165) is 58.8 Å². The number of imidazole rings is 1. The minimum Gasteiger partial charge on any atom is -0.475 e. The summed E-state index contributed by atoms with van der Waals surface area (Å²) in [5, 5.41) is 7.12. The lowest BCUT2D eigenvalue weighted by atomic mass is 9.80. The molecular formula is C18H27F3N4O4. The second kappa shape index (κ2) is 9.57. The second-order valence-electron chi connectivity index (χ2n) is 7.48. The number of hydrogen-bond acceptors (Lipinski definition) is 5. The molecule has 1 amide bonds. The number of carbonyl (C=O) groups is 2. The summed E-state index contributed by atoms with van der Waals surface area (Å²) in [4.78, 5) is 30.2. The maximum atomic E-state index is 12.7. The molecule has 3 heterocycles. The van der Waals surface area contributed by atoms with Gasteiger partial charge in [-0.05, 0) is 19.4 Å². The average Bonchev–Trinajstić information content (AvgIpc) is 3.00. The van der Waals surface area contributed by atoms with Gasteiger partial charge in [0, 0.05) is 44.8 Å². The number of carboxylic acid groups (broad SMARTS) is 1. The first-order chi connectivity index (χ1) is 13.6. The Bertz CT molecular complexity index is 710. The molecule has 3 rings (SSSR count). The zero-order chi connectivity index (χ0) is 21.7. The van der Waals surface area contributed by atoms with Crippen LogP contribution in [-0.4, -0.2) is 88.4 Å². The fourth-order valence-electron chi connectivity index (χ4n) is 3.66. The van der Waals surface area contributed by atoms with Gasteiger partial charge in [0.25, 0.3) is 5.91 Å². The molecule has 2 fully saturated rings. The number of nitrogens with zero attached hydrogens (tertiary/aromatic N) is 4. The number of likely N-dealkylation sites (tertiary alicyclic amines) is 1. The summed E-state index contributed by atoms with van der Waals surface area (Å²) in [6.07, 6.45) is 0.571. The maximum Gasteiger partial charge on any atom is 0.490 e. The predicted octanol–water partition coefficient (Wildman–Crippen LogP) is 1.63. The van der Waals surface area contributed by atoms with Gasteiger partial charge in [0.15, 0.2) is 0 Å². The van der Waals surface area contributed by atoms with Crippen LogP contribution in [0.5, 0.6) is 0 Å². The van der Waals surface area contributed by atoms with Crippen molar-refractivity contribution in [1.29, 1.82) is 0 Å². The molecule has 8 nitrogen and oxygen atoms in total. The van der Waals surface area contributed by atoms with Crippen molar-refractivity contribution in [3.8, 4) is 0 Å². The number of carbonyl (C=O) groups excluding carboxylic acids is 1. The quantitative estimate of drug-likeness (QED) is 0.783. The summed E-state index contributed by atoms with van der Waals surface area (Å²) >= 11 is 0. The van der Waals surface area contributed by atoms with Crippen LogP contribution in [0.1, 0.15) is 30.3 Å². The number of halogens is 3. The Labute approximate surface area is 167 Å². The Morgan fingerprint density at radius 2 is 2.00 bits per heavy atom. The van der Waals surface area contributed by atoms with Crippen molar-refractivity contribution in [1.82, 2.24) is 19.4 Å². The Kier molecular flexibility index (Phi) is 7.64.